The third kappa shape index (κ3) is 4.41. The Hall–Kier alpha value is -1.95. The number of nitrogens with zero attached hydrogens (tertiary/aromatic N) is 1. The third-order valence-electron chi connectivity index (χ3n) is 5.62. The van der Waals surface area contributed by atoms with E-state index in [0.29, 0.717) is 25.9 Å². The van der Waals surface area contributed by atoms with Crippen LogP contribution in [0.2, 0.25) is 0 Å². The molecule has 1 unspecified atom stereocenters. The fraction of sp³-hybridized carbons (Fsp3) is 0.600. The summed E-state index contributed by atoms with van der Waals surface area (Å²) in [6, 6.07) is 6.02. The second kappa shape index (κ2) is 8.62. The number of nitrogens with one attached hydrogen (secondary N) is 1. The van der Waals surface area contributed by atoms with E-state index in [1.165, 1.54) is 12.1 Å². The predicted octanol–water partition coefficient (Wildman–Crippen LogP) is 2.40. The maximum atomic E-state index is 13.7. The zero-order chi connectivity index (χ0) is 18.5. The van der Waals surface area contributed by atoms with E-state index in [0.717, 1.165) is 25.7 Å². The molecular weight excluding hydrogens is 335 g/mol. The van der Waals surface area contributed by atoms with Crippen LogP contribution in [-0.2, 0) is 9.59 Å². The Labute approximate surface area is 153 Å². The molecule has 6 heteroatoms. The van der Waals surface area contributed by atoms with E-state index in [4.69, 9.17) is 0 Å². The molecule has 26 heavy (non-hydrogen) atoms. The molecule has 1 aromatic rings. The van der Waals surface area contributed by atoms with Crippen LogP contribution in [-0.4, -0.2) is 41.5 Å². The van der Waals surface area contributed by atoms with Gasteiger partial charge in [-0.25, -0.2) is 4.39 Å². The molecule has 0 spiro atoms. The van der Waals surface area contributed by atoms with Gasteiger partial charge in [-0.1, -0.05) is 31.0 Å². The van der Waals surface area contributed by atoms with Gasteiger partial charge < -0.3 is 15.3 Å². The minimum absolute atomic E-state index is 0.0129. The van der Waals surface area contributed by atoms with Crippen LogP contribution in [0.4, 0.5) is 4.39 Å². The van der Waals surface area contributed by atoms with Crippen LogP contribution < -0.4 is 5.32 Å². The van der Waals surface area contributed by atoms with Gasteiger partial charge in [0, 0.05) is 37.0 Å². The Morgan fingerprint density at radius 2 is 1.77 bits per heavy atom. The highest BCUT2D eigenvalue weighted by atomic mass is 19.1. The normalized spacial score (nSPS) is 20.2. The first-order chi connectivity index (χ1) is 12.6. The Morgan fingerprint density at radius 1 is 1.12 bits per heavy atom. The molecule has 1 aliphatic heterocycles. The number of hydrogen-bond donors (Lipinski definition) is 2. The second-order valence-electron chi connectivity index (χ2n) is 7.36. The highest BCUT2D eigenvalue weighted by Crippen LogP contribution is 2.28. The zero-order valence-electron chi connectivity index (χ0n) is 15.0. The van der Waals surface area contributed by atoms with Crippen LogP contribution in [0.25, 0.3) is 0 Å². The number of rotatable bonds is 5. The minimum Gasteiger partial charge on any atom is -0.386 e. The number of benzene rings is 1. The van der Waals surface area contributed by atoms with Crippen molar-refractivity contribution >= 4 is 11.8 Å². The number of hydrogen-bond acceptors (Lipinski definition) is 3. The first kappa shape index (κ1) is 18.8. The summed E-state index contributed by atoms with van der Waals surface area (Å²) in [5.74, 6) is -0.343. The van der Waals surface area contributed by atoms with Gasteiger partial charge in [-0.2, -0.15) is 0 Å². The second-order valence-corrected chi connectivity index (χ2v) is 7.36. The van der Waals surface area contributed by atoms with Crippen molar-refractivity contribution in [2.75, 3.05) is 19.6 Å². The SMILES string of the molecule is O=C(NCC(O)c1ccccc1F)C1CCN(C(=O)C2CCCC2)CC1. The van der Waals surface area contributed by atoms with Crippen molar-refractivity contribution < 1.29 is 19.1 Å². The molecule has 1 aromatic carbocycles. The number of piperidine rings is 1. The zero-order valence-corrected chi connectivity index (χ0v) is 15.0. The molecule has 3 rings (SSSR count). The number of amides is 2. The molecule has 2 N–H and O–H groups in total. The van der Waals surface area contributed by atoms with E-state index in [9.17, 15) is 19.1 Å². The molecule has 2 amide bonds. The summed E-state index contributed by atoms with van der Waals surface area (Å²) in [5.41, 5.74) is 0.185. The van der Waals surface area contributed by atoms with Gasteiger partial charge in [-0.15, -0.1) is 0 Å². The lowest BCUT2D eigenvalue weighted by molar-refractivity contribution is -0.139. The summed E-state index contributed by atoms with van der Waals surface area (Å²) in [4.78, 5) is 26.7. The van der Waals surface area contributed by atoms with Crippen molar-refractivity contribution in [1.29, 1.82) is 0 Å². The number of halogens is 1. The fourth-order valence-electron chi connectivity index (χ4n) is 3.99. The molecule has 5 nitrogen and oxygen atoms in total. The Balaban J connectivity index is 1.43. The lowest BCUT2D eigenvalue weighted by Gasteiger charge is -2.33. The molecule has 1 aliphatic carbocycles. The summed E-state index contributed by atoms with van der Waals surface area (Å²) in [6.07, 6.45) is 4.48. The van der Waals surface area contributed by atoms with Gasteiger partial charge in [0.2, 0.25) is 11.8 Å². The van der Waals surface area contributed by atoms with Crippen molar-refractivity contribution in [3.63, 3.8) is 0 Å². The van der Waals surface area contributed by atoms with Crippen LogP contribution in [0.15, 0.2) is 24.3 Å². The fourth-order valence-corrected chi connectivity index (χ4v) is 3.99. The van der Waals surface area contributed by atoms with Crippen molar-refractivity contribution in [1.82, 2.24) is 10.2 Å². The highest BCUT2D eigenvalue weighted by molar-refractivity contribution is 5.81. The van der Waals surface area contributed by atoms with Crippen LogP contribution in [0, 0.1) is 17.7 Å². The Kier molecular flexibility index (Phi) is 6.25. The highest BCUT2D eigenvalue weighted by Gasteiger charge is 2.32. The van der Waals surface area contributed by atoms with Crippen molar-refractivity contribution in [2.24, 2.45) is 11.8 Å². The van der Waals surface area contributed by atoms with Gasteiger partial charge in [0.1, 0.15) is 5.82 Å². The molecule has 2 aliphatic rings. The van der Waals surface area contributed by atoms with Gasteiger partial charge >= 0.3 is 0 Å². The van der Waals surface area contributed by atoms with E-state index in [1.54, 1.807) is 12.1 Å². The van der Waals surface area contributed by atoms with Crippen LogP contribution >= 0.6 is 0 Å². The monoisotopic (exact) mass is 362 g/mol. The van der Waals surface area contributed by atoms with Gasteiger partial charge in [0.05, 0.1) is 6.10 Å². The molecule has 1 heterocycles. The lowest BCUT2D eigenvalue weighted by Crippen LogP contribution is -2.45. The van der Waals surface area contributed by atoms with E-state index < -0.39 is 11.9 Å². The number of carbonyl (C=O) groups excluding carboxylic acids is 2. The van der Waals surface area contributed by atoms with E-state index >= 15 is 0 Å². The first-order valence-corrected chi connectivity index (χ1v) is 9.55. The van der Waals surface area contributed by atoms with Crippen molar-refractivity contribution in [3.8, 4) is 0 Å². The first-order valence-electron chi connectivity index (χ1n) is 9.55. The summed E-state index contributed by atoms with van der Waals surface area (Å²) in [7, 11) is 0. The number of aliphatic hydroxyl groups excluding tert-OH is 1. The summed E-state index contributed by atoms with van der Waals surface area (Å²) < 4.78 is 13.7. The molecule has 1 saturated heterocycles. The molecule has 1 atom stereocenters. The number of aliphatic hydroxyl groups is 1. The van der Waals surface area contributed by atoms with Gasteiger partial charge in [-0.05, 0) is 31.7 Å². The lowest BCUT2D eigenvalue weighted by atomic mass is 9.94. The van der Waals surface area contributed by atoms with Crippen LogP contribution in [0.3, 0.4) is 0 Å². The summed E-state index contributed by atoms with van der Waals surface area (Å²) in [5, 5.41) is 12.8. The summed E-state index contributed by atoms with van der Waals surface area (Å²) >= 11 is 0. The molecule has 1 saturated carbocycles. The van der Waals surface area contributed by atoms with E-state index in [1.807, 2.05) is 4.90 Å². The van der Waals surface area contributed by atoms with Crippen LogP contribution in [0.1, 0.15) is 50.2 Å². The van der Waals surface area contributed by atoms with Gasteiger partial charge in [0.25, 0.3) is 0 Å². The Bertz CT molecular complexity index is 638. The van der Waals surface area contributed by atoms with Crippen molar-refractivity contribution in [2.45, 2.75) is 44.6 Å². The average molecular weight is 362 g/mol. The standard InChI is InChI=1S/C20H27FN2O3/c21-17-8-4-3-7-16(17)18(24)13-22-19(25)14-9-11-23(12-10-14)20(26)15-5-1-2-6-15/h3-4,7-8,14-15,18,24H,1-2,5-6,9-13H2,(H,22,25). The summed E-state index contributed by atoms with van der Waals surface area (Å²) in [6.45, 7) is 1.22. The average Bonchev–Trinajstić information content (AvgIpc) is 3.20. The molecule has 2 fully saturated rings. The van der Waals surface area contributed by atoms with Gasteiger partial charge in [0.15, 0.2) is 0 Å². The predicted molar refractivity (Wildman–Crippen MR) is 95.6 cm³/mol. The largest absolute Gasteiger partial charge is 0.386 e. The molecule has 0 radical (unpaired) electrons. The van der Waals surface area contributed by atoms with Crippen molar-refractivity contribution in [3.05, 3.63) is 35.6 Å². The molecule has 0 aromatic heterocycles. The van der Waals surface area contributed by atoms with E-state index in [2.05, 4.69) is 5.32 Å². The maximum Gasteiger partial charge on any atom is 0.225 e. The molecule has 0 bridgehead atoms. The van der Waals surface area contributed by atoms with Crippen LogP contribution in [0.5, 0.6) is 0 Å². The molecule has 142 valence electrons. The number of likely N-dealkylation sites (tertiary alicyclic amines) is 1. The minimum atomic E-state index is -1.07. The van der Waals surface area contributed by atoms with Gasteiger partial charge in [-0.3, -0.25) is 9.59 Å². The van der Waals surface area contributed by atoms with E-state index in [-0.39, 0.29) is 35.8 Å². The number of carbonyl (C=O) groups is 2. The Morgan fingerprint density at radius 3 is 2.42 bits per heavy atom. The molecular formula is C20H27FN2O3. The third-order valence-corrected chi connectivity index (χ3v) is 5.62. The quantitative estimate of drug-likeness (QED) is 0.845. The smallest absolute Gasteiger partial charge is 0.225 e. The maximum absolute atomic E-state index is 13.7. The topological polar surface area (TPSA) is 69.6 Å².